The van der Waals surface area contributed by atoms with Crippen LogP contribution in [0.4, 0.5) is 0 Å². The molecule has 0 heterocycles. The number of benzene rings is 1. The van der Waals surface area contributed by atoms with E-state index in [4.69, 9.17) is 4.74 Å². The zero-order valence-corrected chi connectivity index (χ0v) is 17.9. The maximum Gasteiger partial charge on any atom is 0.137 e. The Morgan fingerprint density at radius 2 is 1.48 bits per heavy atom. The molecule has 4 aliphatic rings. The smallest absolute Gasteiger partial charge is 0.137 e. The van der Waals surface area contributed by atoms with E-state index in [1.807, 2.05) is 30.3 Å². The average molecular weight is 399 g/mol. The van der Waals surface area contributed by atoms with Crippen LogP contribution in [0.5, 0.6) is 5.75 Å². The number of ether oxygens (including phenoxy) is 1. The lowest BCUT2D eigenvalue weighted by Gasteiger charge is -2.52. The maximum absolute atomic E-state index is 10.4. The monoisotopic (exact) mass is 398 g/mol. The molecule has 4 fully saturated rings. The minimum absolute atomic E-state index is 0.386. The second-order valence-electron chi connectivity index (χ2n) is 10.5. The molecule has 3 nitrogen and oxygen atoms in total. The molecule has 160 valence electrons. The highest BCUT2D eigenvalue weighted by molar-refractivity contribution is 5.20. The maximum atomic E-state index is 10.4. The van der Waals surface area contributed by atoms with Gasteiger partial charge in [-0.2, -0.15) is 0 Å². The van der Waals surface area contributed by atoms with Crippen molar-refractivity contribution in [2.75, 3.05) is 13.2 Å². The van der Waals surface area contributed by atoms with Gasteiger partial charge >= 0.3 is 0 Å². The zero-order valence-electron chi connectivity index (χ0n) is 17.9. The molecule has 3 N–H and O–H groups in total. The molecule has 0 saturated heterocycles. The highest BCUT2D eigenvalue weighted by Gasteiger charge is 2.52. The summed E-state index contributed by atoms with van der Waals surface area (Å²) in [5, 5.41) is 12.9. The molecule has 0 radical (unpaired) electrons. The Labute approximate surface area is 176 Å². The Kier molecular flexibility index (Phi) is 6.15. The zero-order chi connectivity index (χ0) is 19.6. The van der Waals surface area contributed by atoms with Crippen LogP contribution >= 0.6 is 0 Å². The predicted molar refractivity (Wildman–Crippen MR) is 116 cm³/mol. The fourth-order valence-electron chi connectivity index (χ4n) is 7.93. The van der Waals surface area contributed by atoms with Crippen molar-refractivity contribution in [2.45, 2.75) is 76.4 Å². The SMILES string of the molecule is O[C@H](C[NH2+][C@H]1CC[C@H]2[C@H]3CC[C@H]4CCCC[C@@H]4[C@@H]3CC[C@@H]21)COc1ccccc1. The highest BCUT2D eigenvalue weighted by atomic mass is 16.5. The number of quaternary nitrogens is 1. The molecule has 29 heavy (non-hydrogen) atoms. The summed E-state index contributed by atoms with van der Waals surface area (Å²) < 4.78 is 5.74. The van der Waals surface area contributed by atoms with Gasteiger partial charge in [0, 0.05) is 5.92 Å². The average Bonchev–Trinajstić information content (AvgIpc) is 3.20. The fraction of sp³-hybridized carbons (Fsp3) is 0.769. The first-order chi connectivity index (χ1) is 14.3. The van der Waals surface area contributed by atoms with Crippen LogP contribution in [0.2, 0.25) is 0 Å². The van der Waals surface area contributed by atoms with E-state index in [1.165, 1.54) is 64.2 Å². The molecule has 0 aromatic heterocycles. The van der Waals surface area contributed by atoms with Crippen molar-refractivity contribution >= 4 is 0 Å². The van der Waals surface area contributed by atoms with Crippen LogP contribution in [0.25, 0.3) is 0 Å². The summed E-state index contributed by atoms with van der Waals surface area (Å²) in [7, 11) is 0. The van der Waals surface area contributed by atoms with Crippen LogP contribution in [-0.2, 0) is 0 Å². The second kappa shape index (κ2) is 8.98. The third kappa shape index (κ3) is 4.23. The van der Waals surface area contributed by atoms with Gasteiger partial charge in [0.1, 0.15) is 25.0 Å². The topological polar surface area (TPSA) is 46.1 Å². The van der Waals surface area contributed by atoms with E-state index >= 15 is 0 Å². The molecule has 0 unspecified atom stereocenters. The highest BCUT2D eigenvalue weighted by Crippen LogP contribution is 2.57. The summed E-state index contributed by atoms with van der Waals surface area (Å²) >= 11 is 0. The van der Waals surface area contributed by atoms with Crippen LogP contribution in [0.15, 0.2) is 30.3 Å². The summed E-state index contributed by atoms with van der Waals surface area (Å²) in [6.07, 6.45) is 14.5. The molecular formula is C26H40NO2+. The van der Waals surface area contributed by atoms with Crippen LogP contribution < -0.4 is 10.1 Å². The Morgan fingerprint density at radius 1 is 0.793 bits per heavy atom. The van der Waals surface area contributed by atoms with Crippen LogP contribution in [0.1, 0.15) is 64.2 Å². The number of hydrogen-bond acceptors (Lipinski definition) is 2. The number of nitrogens with two attached hydrogens (primary N) is 1. The van der Waals surface area contributed by atoms with Gasteiger partial charge in [-0.1, -0.05) is 37.5 Å². The van der Waals surface area contributed by atoms with Crippen molar-refractivity contribution in [1.82, 2.24) is 0 Å². The molecule has 1 aromatic carbocycles. The van der Waals surface area contributed by atoms with Gasteiger partial charge in [-0.15, -0.1) is 0 Å². The van der Waals surface area contributed by atoms with Crippen molar-refractivity contribution in [3.05, 3.63) is 30.3 Å². The summed E-state index contributed by atoms with van der Waals surface area (Å²) in [5.41, 5.74) is 0. The molecule has 0 amide bonds. The summed E-state index contributed by atoms with van der Waals surface area (Å²) in [6, 6.07) is 10.6. The lowest BCUT2D eigenvalue weighted by Crippen LogP contribution is -2.93. The van der Waals surface area contributed by atoms with Gasteiger partial charge in [-0.25, -0.2) is 0 Å². The predicted octanol–water partition coefficient (Wildman–Crippen LogP) is 4.01. The first kappa shape index (κ1) is 19.9. The molecule has 1 aromatic rings. The largest absolute Gasteiger partial charge is 0.491 e. The quantitative estimate of drug-likeness (QED) is 0.760. The van der Waals surface area contributed by atoms with Crippen molar-refractivity contribution in [3.63, 3.8) is 0 Å². The van der Waals surface area contributed by atoms with Crippen LogP contribution in [0.3, 0.4) is 0 Å². The van der Waals surface area contributed by atoms with Gasteiger partial charge < -0.3 is 15.2 Å². The molecule has 0 bridgehead atoms. The van der Waals surface area contributed by atoms with Crippen LogP contribution in [0, 0.1) is 35.5 Å². The van der Waals surface area contributed by atoms with Gasteiger partial charge in [-0.05, 0) is 86.7 Å². The van der Waals surface area contributed by atoms with Crippen molar-refractivity contribution in [3.8, 4) is 5.75 Å². The fourth-order valence-corrected chi connectivity index (χ4v) is 7.93. The van der Waals surface area contributed by atoms with Gasteiger partial charge in [0.05, 0.1) is 6.04 Å². The third-order valence-electron chi connectivity index (χ3n) is 9.15. The Balaban J connectivity index is 1.12. The van der Waals surface area contributed by atoms with Gasteiger partial charge in [0.25, 0.3) is 0 Å². The Morgan fingerprint density at radius 3 is 2.38 bits per heavy atom. The van der Waals surface area contributed by atoms with E-state index in [9.17, 15) is 5.11 Å². The van der Waals surface area contributed by atoms with Crippen molar-refractivity contribution in [1.29, 1.82) is 0 Å². The second-order valence-corrected chi connectivity index (χ2v) is 10.5. The molecule has 3 heteroatoms. The minimum Gasteiger partial charge on any atom is -0.491 e. The van der Waals surface area contributed by atoms with Gasteiger partial charge in [0.15, 0.2) is 0 Å². The molecule has 4 saturated carbocycles. The lowest BCUT2D eigenvalue weighted by molar-refractivity contribution is -0.700. The van der Waals surface area contributed by atoms with Gasteiger partial charge in [0.2, 0.25) is 0 Å². The molecule has 8 atom stereocenters. The molecule has 5 rings (SSSR count). The number of fused-ring (bicyclic) bond motifs is 5. The lowest BCUT2D eigenvalue weighted by atomic mass is 9.53. The Bertz CT molecular complexity index is 649. The first-order valence-corrected chi connectivity index (χ1v) is 12.5. The van der Waals surface area contributed by atoms with E-state index in [0.717, 1.165) is 53.8 Å². The number of aliphatic hydroxyl groups is 1. The number of rotatable bonds is 6. The summed E-state index contributed by atoms with van der Waals surface area (Å²) in [5.74, 6) is 6.96. The third-order valence-corrected chi connectivity index (χ3v) is 9.15. The number of aliphatic hydroxyl groups excluding tert-OH is 1. The van der Waals surface area contributed by atoms with E-state index < -0.39 is 0 Å². The number of para-hydroxylation sites is 1. The van der Waals surface area contributed by atoms with E-state index in [1.54, 1.807) is 0 Å². The molecule has 0 aliphatic heterocycles. The Hall–Kier alpha value is -1.06. The summed E-state index contributed by atoms with van der Waals surface area (Å²) in [6.45, 7) is 1.18. The normalized spacial score (nSPS) is 39.8. The number of hydrogen-bond donors (Lipinski definition) is 2. The van der Waals surface area contributed by atoms with Crippen LogP contribution in [-0.4, -0.2) is 30.4 Å². The van der Waals surface area contributed by atoms with E-state index in [-0.39, 0.29) is 6.10 Å². The minimum atomic E-state index is -0.386. The van der Waals surface area contributed by atoms with Crippen molar-refractivity contribution in [2.24, 2.45) is 35.5 Å². The van der Waals surface area contributed by atoms with Crippen molar-refractivity contribution < 1.29 is 15.2 Å². The standard InChI is InChI=1S/C26H39NO2/c28-19(17-29-20-7-2-1-3-8-20)16-27-26-15-14-24-23-11-10-18-6-4-5-9-21(18)22(23)12-13-25(24)26/h1-3,7-8,18-19,21-28H,4-6,9-17H2/p+1/t18-,19-,21+,22+,23+,24+,25+,26+/m1/s1. The molecular weight excluding hydrogens is 358 g/mol. The first-order valence-electron chi connectivity index (χ1n) is 12.5. The summed E-state index contributed by atoms with van der Waals surface area (Å²) in [4.78, 5) is 0. The van der Waals surface area contributed by atoms with Gasteiger partial charge in [-0.3, -0.25) is 0 Å². The van der Waals surface area contributed by atoms with E-state index in [2.05, 4.69) is 5.32 Å². The van der Waals surface area contributed by atoms with E-state index in [0.29, 0.717) is 6.61 Å². The molecule has 0 spiro atoms. The molecule has 4 aliphatic carbocycles.